The number of hydrogen-bond acceptors (Lipinski definition) is 5. The second kappa shape index (κ2) is 8.02. The van der Waals surface area contributed by atoms with Gasteiger partial charge in [-0.1, -0.05) is 6.42 Å². The number of ether oxygens (including phenoxy) is 1. The number of hydrogen-bond donors (Lipinski definition) is 3. The van der Waals surface area contributed by atoms with Gasteiger partial charge in [0.05, 0.1) is 5.69 Å². The zero-order chi connectivity index (χ0) is 22.4. The van der Waals surface area contributed by atoms with E-state index in [1.165, 1.54) is 25.0 Å². The Labute approximate surface area is 185 Å². The van der Waals surface area contributed by atoms with Crippen LogP contribution in [0.15, 0.2) is 23.0 Å². The highest BCUT2D eigenvalue weighted by Crippen LogP contribution is 2.40. The van der Waals surface area contributed by atoms with Crippen molar-refractivity contribution in [1.82, 2.24) is 14.5 Å². The lowest BCUT2D eigenvalue weighted by Crippen LogP contribution is -2.29. The molecule has 3 heterocycles. The van der Waals surface area contributed by atoms with Crippen LogP contribution in [0.4, 0.5) is 4.79 Å². The van der Waals surface area contributed by atoms with Gasteiger partial charge in [0.2, 0.25) is 5.75 Å². The Balaban J connectivity index is 1.61. The van der Waals surface area contributed by atoms with Gasteiger partial charge in [0.25, 0.3) is 5.56 Å². The molecule has 0 radical (unpaired) electrons. The van der Waals surface area contributed by atoms with Gasteiger partial charge in [-0.05, 0) is 69.0 Å². The fourth-order valence-electron chi connectivity index (χ4n) is 5.14. The fourth-order valence-corrected chi connectivity index (χ4v) is 5.14. The summed E-state index contributed by atoms with van der Waals surface area (Å²) in [6.45, 7) is 3.18. The van der Waals surface area contributed by atoms with Gasteiger partial charge < -0.3 is 24.5 Å². The highest BCUT2D eigenvalue weighted by molar-refractivity contribution is 5.89. The number of piperidine rings is 1. The van der Waals surface area contributed by atoms with Crippen LogP contribution in [-0.2, 0) is 26.4 Å². The molecule has 8 heteroatoms. The van der Waals surface area contributed by atoms with E-state index in [9.17, 15) is 14.7 Å². The lowest BCUT2D eigenvalue weighted by molar-refractivity contribution is 0.142. The lowest BCUT2D eigenvalue weighted by Gasteiger charge is -2.26. The summed E-state index contributed by atoms with van der Waals surface area (Å²) in [5.41, 5.74) is 4.68. The van der Waals surface area contributed by atoms with Crippen LogP contribution in [0.2, 0.25) is 0 Å². The van der Waals surface area contributed by atoms with Crippen LogP contribution in [0.3, 0.4) is 0 Å². The Bertz CT molecular complexity index is 1270. The van der Waals surface area contributed by atoms with E-state index >= 15 is 0 Å². The largest absolute Gasteiger partial charge is 0.511 e. The van der Waals surface area contributed by atoms with E-state index in [1.807, 2.05) is 0 Å². The predicted molar refractivity (Wildman–Crippen MR) is 120 cm³/mol. The average Bonchev–Trinajstić information content (AvgIpc) is 2.95. The Morgan fingerprint density at radius 1 is 1.12 bits per heavy atom. The summed E-state index contributed by atoms with van der Waals surface area (Å²) in [4.78, 5) is 28.7. The maximum absolute atomic E-state index is 12.5. The Morgan fingerprint density at radius 2 is 1.91 bits per heavy atom. The first kappa shape index (κ1) is 20.6. The van der Waals surface area contributed by atoms with Crippen molar-refractivity contribution in [3.63, 3.8) is 0 Å². The number of benzene rings is 1. The maximum Gasteiger partial charge on any atom is 0.511 e. The highest BCUT2D eigenvalue weighted by atomic mass is 16.7. The van der Waals surface area contributed by atoms with Crippen molar-refractivity contribution in [2.24, 2.45) is 7.05 Å². The smallest absolute Gasteiger partial charge is 0.504 e. The van der Waals surface area contributed by atoms with Crippen molar-refractivity contribution in [2.45, 2.75) is 45.1 Å². The summed E-state index contributed by atoms with van der Waals surface area (Å²) in [6.07, 6.45) is 4.25. The first-order chi connectivity index (χ1) is 15.4. The quantitative estimate of drug-likeness (QED) is 0.539. The van der Waals surface area contributed by atoms with Gasteiger partial charge in [0, 0.05) is 41.3 Å². The van der Waals surface area contributed by atoms with E-state index in [4.69, 9.17) is 5.11 Å². The molecule has 2 aromatic heterocycles. The molecular formula is C24H27N3O5. The molecule has 0 amide bonds. The first-order valence-electron chi connectivity index (χ1n) is 11.1. The van der Waals surface area contributed by atoms with Crippen LogP contribution < -0.4 is 10.3 Å². The third kappa shape index (κ3) is 3.54. The van der Waals surface area contributed by atoms with Crippen molar-refractivity contribution in [3.05, 3.63) is 45.4 Å². The molecule has 0 bridgehead atoms. The van der Waals surface area contributed by atoms with Crippen LogP contribution >= 0.6 is 0 Å². The van der Waals surface area contributed by atoms with Crippen molar-refractivity contribution in [3.8, 4) is 22.8 Å². The molecule has 3 N–H and O–H groups in total. The van der Waals surface area contributed by atoms with Crippen LogP contribution in [0.5, 0.6) is 11.5 Å². The van der Waals surface area contributed by atoms with Gasteiger partial charge in [-0.3, -0.25) is 9.69 Å². The summed E-state index contributed by atoms with van der Waals surface area (Å²) in [7, 11) is 2.10. The molecule has 1 saturated heterocycles. The molecule has 0 spiro atoms. The van der Waals surface area contributed by atoms with Gasteiger partial charge in [-0.15, -0.1) is 0 Å². The van der Waals surface area contributed by atoms with E-state index in [-0.39, 0.29) is 0 Å². The van der Waals surface area contributed by atoms with Crippen molar-refractivity contribution in [1.29, 1.82) is 0 Å². The van der Waals surface area contributed by atoms with Gasteiger partial charge in [-0.2, -0.15) is 0 Å². The van der Waals surface area contributed by atoms with Gasteiger partial charge in [0.1, 0.15) is 0 Å². The zero-order valence-electron chi connectivity index (χ0n) is 18.1. The Kier molecular flexibility index (Phi) is 5.17. The monoisotopic (exact) mass is 437 g/mol. The molecule has 1 aliphatic carbocycles. The van der Waals surface area contributed by atoms with E-state index in [0.29, 0.717) is 17.7 Å². The summed E-state index contributed by atoms with van der Waals surface area (Å²) in [6, 6.07) is 6.45. The number of pyridine rings is 1. The van der Waals surface area contributed by atoms with E-state index < -0.39 is 23.2 Å². The van der Waals surface area contributed by atoms with E-state index in [1.54, 1.807) is 0 Å². The van der Waals surface area contributed by atoms with Crippen molar-refractivity contribution in [2.75, 3.05) is 13.1 Å². The topological polar surface area (TPSA) is 108 Å². The molecule has 2 aliphatic rings. The highest BCUT2D eigenvalue weighted by Gasteiger charge is 2.25. The number of carboxylic acid groups (broad SMARTS) is 1. The number of rotatable bonds is 3. The third-order valence-electron chi connectivity index (χ3n) is 6.78. The summed E-state index contributed by atoms with van der Waals surface area (Å²) >= 11 is 0. The third-order valence-corrected chi connectivity index (χ3v) is 6.78. The van der Waals surface area contributed by atoms with Crippen LogP contribution in [0.25, 0.3) is 22.2 Å². The number of fused-ring (bicyclic) bond motifs is 4. The number of aromatic amines is 1. The molecule has 8 nitrogen and oxygen atoms in total. The molecule has 1 fully saturated rings. The molecule has 0 saturated carbocycles. The Morgan fingerprint density at radius 3 is 2.66 bits per heavy atom. The van der Waals surface area contributed by atoms with Crippen molar-refractivity contribution >= 4 is 17.1 Å². The molecular weight excluding hydrogens is 410 g/mol. The normalized spacial score (nSPS) is 16.4. The number of nitrogens with zero attached hydrogens (tertiary/aromatic N) is 2. The van der Waals surface area contributed by atoms with Crippen LogP contribution in [0, 0.1) is 0 Å². The molecule has 1 aromatic carbocycles. The fraction of sp³-hybridized carbons (Fsp3) is 0.417. The zero-order valence-corrected chi connectivity index (χ0v) is 18.1. The SMILES string of the molecule is Cn1c(CN2CCCCC2)cc2cc3c(cc21)CCCc1c-3[nH]c(=O)c(OC(=O)O)c1O. The predicted octanol–water partition coefficient (Wildman–Crippen LogP) is 3.77. The minimum absolute atomic E-state index is 0.391. The number of nitrogens with one attached hydrogen (secondary N) is 1. The molecule has 168 valence electrons. The second-order valence-corrected chi connectivity index (χ2v) is 8.81. The summed E-state index contributed by atoms with van der Waals surface area (Å²) in [5, 5.41) is 20.6. The van der Waals surface area contributed by atoms with Gasteiger partial charge in [0.15, 0.2) is 5.75 Å². The minimum atomic E-state index is -1.63. The molecule has 5 rings (SSSR count). The van der Waals surface area contributed by atoms with Crippen LogP contribution in [-0.4, -0.2) is 43.9 Å². The van der Waals surface area contributed by atoms with E-state index in [2.05, 4.69) is 44.4 Å². The van der Waals surface area contributed by atoms with E-state index in [0.717, 1.165) is 54.5 Å². The maximum atomic E-state index is 12.5. The molecule has 1 aliphatic heterocycles. The van der Waals surface area contributed by atoms with Crippen LogP contribution in [0.1, 0.15) is 42.5 Å². The first-order valence-corrected chi connectivity index (χ1v) is 11.1. The molecule has 0 atom stereocenters. The standard InChI is InChI=1S/C24H27N3O5/c1-26-16(13-27-8-3-2-4-9-27)10-15-11-18-14(12-19(15)26)6-5-7-17-20(18)25-23(29)22(21(17)28)32-24(30)31/h10-12H,2-9,13H2,1H3,(H,30,31)(H2,25,28,29). The number of carbonyl (C=O) groups is 1. The summed E-state index contributed by atoms with van der Waals surface area (Å²) < 4.78 is 6.80. The number of likely N-dealkylation sites (tertiary alicyclic amines) is 1. The Hall–Kier alpha value is -3.26. The molecule has 32 heavy (non-hydrogen) atoms. The molecule has 3 aromatic rings. The van der Waals surface area contributed by atoms with Gasteiger partial charge in [-0.25, -0.2) is 4.79 Å². The lowest BCUT2D eigenvalue weighted by atomic mass is 9.99. The van der Waals surface area contributed by atoms with Crippen molar-refractivity contribution < 1.29 is 19.7 Å². The number of aromatic hydroxyl groups is 1. The number of aryl methyl sites for hydroxylation is 2. The molecule has 0 unspecified atom stereocenters. The average molecular weight is 437 g/mol. The number of aromatic nitrogens is 2. The number of H-pyrrole nitrogens is 1. The summed E-state index contributed by atoms with van der Waals surface area (Å²) in [5.74, 6) is -0.956. The van der Waals surface area contributed by atoms with Gasteiger partial charge >= 0.3 is 6.16 Å². The minimum Gasteiger partial charge on any atom is -0.504 e. The second-order valence-electron chi connectivity index (χ2n) is 8.81.